The van der Waals surface area contributed by atoms with Crippen LogP contribution in [0.15, 0.2) is 30.6 Å². The van der Waals surface area contributed by atoms with E-state index in [-0.39, 0.29) is 5.91 Å². The monoisotopic (exact) mass is 367 g/mol. The highest BCUT2D eigenvalue weighted by Gasteiger charge is 2.19. The second-order valence-electron chi connectivity index (χ2n) is 7.05. The van der Waals surface area contributed by atoms with Crippen LogP contribution in [0.1, 0.15) is 41.3 Å². The number of piperazine rings is 1. The first kappa shape index (κ1) is 18.8. The Labute approximate surface area is 159 Å². The van der Waals surface area contributed by atoms with Gasteiger partial charge in [0.1, 0.15) is 0 Å². The van der Waals surface area contributed by atoms with Crippen molar-refractivity contribution in [1.82, 2.24) is 14.9 Å². The fourth-order valence-corrected chi connectivity index (χ4v) is 3.16. The number of rotatable bonds is 5. The molecule has 1 aliphatic heterocycles. The van der Waals surface area contributed by atoms with Gasteiger partial charge in [-0.1, -0.05) is 32.0 Å². The Kier molecular flexibility index (Phi) is 5.69. The highest BCUT2D eigenvalue weighted by molar-refractivity contribution is 6.04. The molecule has 2 heterocycles. The predicted molar refractivity (Wildman–Crippen MR) is 105 cm³/mol. The number of amides is 2. The van der Waals surface area contributed by atoms with Gasteiger partial charge >= 0.3 is 0 Å². The number of hydrogen-bond acceptors (Lipinski definition) is 5. The van der Waals surface area contributed by atoms with Crippen molar-refractivity contribution in [3.63, 3.8) is 0 Å². The summed E-state index contributed by atoms with van der Waals surface area (Å²) in [4.78, 5) is 35.9. The van der Waals surface area contributed by atoms with Crippen LogP contribution in [0.25, 0.3) is 0 Å². The summed E-state index contributed by atoms with van der Waals surface area (Å²) in [7, 11) is 0. The van der Waals surface area contributed by atoms with E-state index in [2.05, 4.69) is 29.1 Å². The fraction of sp³-hybridized carbons (Fsp3) is 0.400. The predicted octanol–water partition coefficient (Wildman–Crippen LogP) is 2.44. The van der Waals surface area contributed by atoms with Gasteiger partial charge in [-0.3, -0.25) is 9.59 Å². The fourth-order valence-electron chi connectivity index (χ4n) is 3.16. The van der Waals surface area contributed by atoms with Gasteiger partial charge in [0, 0.05) is 44.3 Å². The highest BCUT2D eigenvalue weighted by Crippen LogP contribution is 2.27. The molecule has 0 spiro atoms. The number of hydrogen-bond donors (Lipinski definition) is 1. The molecule has 27 heavy (non-hydrogen) atoms. The third kappa shape index (κ3) is 4.24. The second-order valence-corrected chi connectivity index (χ2v) is 7.05. The number of para-hydroxylation sites is 1. The molecule has 1 saturated heterocycles. The summed E-state index contributed by atoms with van der Waals surface area (Å²) >= 11 is 0. The molecule has 1 aromatic heterocycles. The molecular weight excluding hydrogens is 342 g/mol. The van der Waals surface area contributed by atoms with E-state index >= 15 is 0 Å². The standard InChI is InChI=1S/C20H25N5O2/c1-14(2)17-6-4-5-15(3)18(17)23-19(27)16-11-21-20(22-12-16)25-9-7-24(13-26)8-10-25/h4-6,11-14H,7-10H2,1-3H3,(H,23,27). The van der Waals surface area contributed by atoms with E-state index in [1.165, 1.54) is 0 Å². The van der Waals surface area contributed by atoms with Gasteiger partial charge in [-0.05, 0) is 24.0 Å². The summed E-state index contributed by atoms with van der Waals surface area (Å²) < 4.78 is 0. The second kappa shape index (κ2) is 8.16. The van der Waals surface area contributed by atoms with E-state index in [1.807, 2.05) is 30.0 Å². The van der Waals surface area contributed by atoms with E-state index in [0.29, 0.717) is 43.6 Å². The number of benzene rings is 1. The lowest BCUT2D eigenvalue weighted by molar-refractivity contribution is -0.118. The molecule has 0 unspecified atom stereocenters. The number of aryl methyl sites for hydroxylation is 1. The van der Waals surface area contributed by atoms with Crippen LogP contribution in [0.5, 0.6) is 0 Å². The molecule has 1 N–H and O–H groups in total. The molecule has 7 nitrogen and oxygen atoms in total. The van der Waals surface area contributed by atoms with E-state index in [1.54, 1.807) is 17.3 Å². The summed E-state index contributed by atoms with van der Waals surface area (Å²) in [6.07, 6.45) is 3.97. The van der Waals surface area contributed by atoms with Crippen molar-refractivity contribution in [3.05, 3.63) is 47.3 Å². The molecule has 0 bridgehead atoms. The summed E-state index contributed by atoms with van der Waals surface area (Å²) in [5, 5.41) is 3.01. The van der Waals surface area contributed by atoms with Crippen LogP contribution in [-0.2, 0) is 4.79 Å². The maximum atomic E-state index is 12.7. The molecule has 0 radical (unpaired) electrons. The topological polar surface area (TPSA) is 78.4 Å². The van der Waals surface area contributed by atoms with Crippen LogP contribution in [0.4, 0.5) is 11.6 Å². The molecule has 0 saturated carbocycles. The van der Waals surface area contributed by atoms with E-state index < -0.39 is 0 Å². The Hall–Kier alpha value is -2.96. The normalized spacial score (nSPS) is 14.4. The van der Waals surface area contributed by atoms with Gasteiger partial charge in [-0.15, -0.1) is 0 Å². The number of carbonyl (C=O) groups excluding carboxylic acids is 2. The van der Waals surface area contributed by atoms with Gasteiger partial charge in [0.2, 0.25) is 12.4 Å². The van der Waals surface area contributed by atoms with E-state index in [9.17, 15) is 9.59 Å². The quantitative estimate of drug-likeness (QED) is 0.821. The summed E-state index contributed by atoms with van der Waals surface area (Å²) in [6, 6.07) is 6.02. The van der Waals surface area contributed by atoms with Crippen molar-refractivity contribution >= 4 is 24.0 Å². The average Bonchev–Trinajstić information content (AvgIpc) is 2.69. The number of nitrogens with one attached hydrogen (secondary N) is 1. The van der Waals surface area contributed by atoms with Crippen molar-refractivity contribution < 1.29 is 9.59 Å². The Balaban J connectivity index is 1.71. The van der Waals surface area contributed by atoms with Crippen molar-refractivity contribution in [2.75, 3.05) is 36.4 Å². The molecule has 1 aromatic carbocycles. The lowest BCUT2D eigenvalue weighted by Crippen LogP contribution is -2.46. The van der Waals surface area contributed by atoms with Crippen LogP contribution in [0.2, 0.25) is 0 Å². The van der Waals surface area contributed by atoms with E-state index in [4.69, 9.17) is 0 Å². The van der Waals surface area contributed by atoms with Gasteiger partial charge in [0.15, 0.2) is 0 Å². The van der Waals surface area contributed by atoms with Crippen LogP contribution in [-0.4, -0.2) is 53.4 Å². The van der Waals surface area contributed by atoms with Gasteiger partial charge in [-0.2, -0.15) is 0 Å². The Bertz CT molecular complexity index is 812. The minimum Gasteiger partial charge on any atom is -0.342 e. The summed E-state index contributed by atoms with van der Waals surface area (Å²) in [5.41, 5.74) is 3.41. The van der Waals surface area contributed by atoms with Crippen molar-refractivity contribution in [2.45, 2.75) is 26.7 Å². The smallest absolute Gasteiger partial charge is 0.258 e. The molecule has 142 valence electrons. The molecule has 3 rings (SSSR count). The van der Waals surface area contributed by atoms with Gasteiger partial charge in [-0.25, -0.2) is 9.97 Å². The Morgan fingerprint density at radius 2 is 1.81 bits per heavy atom. The summed E-state index contributed by atoms with van der Waals surface area (Å²) in [6.45, 7) is 8.87. The lowest BCUT2D eigenvalue weighted by atomic mass is 9.98. The van der Waals surface area contributed by atoms with Gasteiger partial charge in [0.05, 0.1) is 5.56 Å². The van der Waals surface area contributed by atoms with Gasteiger partial charge < -0.3 is 15.1 Å². The molecule has 1 fully saturated rings. The zero-order valence-corrected chi connectivity index (χ0v) is 16.0. The van der Waals surface area contributed by atoms with E-state index in [0.717, 1.165) is 23.2 Å². The zero-order chi connectivity index (χ0) is 19.4. The minimum absolute atomic E-state index is 0.219. The average molecular weight is 367 g/mol. The molecular formula is C20H25N5O2. The Morgan fingerprint density at radius 3 is 2.41 bits per heavy atom. The number of nitrogens with zero attached hydrogens (tertiary/aromatic N) is 4. The number of carbonyl (C=O) groups is 2. The largest absolute Gasteiger partial charge is 0.342 e. The first-order chi connectivity index (χ1) is 13.0. The summed E-state index contributed by atoms with van der Waals surface area (Å²) in [5.74, 6) is 0.670. The SMILES string of the molecule is Cc1cccc(C(C)C)c1NC(=O)c1cnc(N2CCN(C=O)CC2)nc1. The molecule has 1 aliphatic rings. The first-order valence-corrected chi connectivity index (χ1v) is 9.16. The van der Waals surface area contributed by atoms with Crippen LogP contribution < -0.4 is 10.2 Å². The van der Waals surface area contributed by atoms with Crippen molar-refractivity contribution in [2.24, 2.45) is 0 Å². The zero-order valence-electron chi connectivity index (χ0n) is 16.0. The van der Waals surface area contributed by atoms with Gasteiger partial charge in [0.25, 0.3) is 5.91 Å². The molecule has 2 amide bonds. The molecule has 0 atom stereocenters. The molecule has 2 aromatic rings. The van der Waals surface area contributed by atoms with Crippen LogP contribution in [0, 0.1) is 6.92 Å². The highest BCUT2D eigenvalue weighted by atomic mass is 16.1. The molecule has 7 heteroatoms. The number of anilines is 2. The van der Waals surface area contributed by atoms with Crippen molar-refractivity contribution in [3.8, 4) is 0 Å². The first-order valence-electron chi connectivity index (χ1n) is 9.16. The van der Waals surface area contributed by atoms with Crippen molar-refractivity contribution in [1.29, 1.82) is 0 Å². The lowest BCUT2D eigenvalue weighted by Gasteiger charge is -2.32. The maximum Gasteiger partial charge on any atom is 0.258 e. The van der Waals surface area contributed by atoms with Crippen LogP contribution >= 0.6 is 0 Å². The number of aromatic nitrogens is 2. The third-order valence-corrected chi connectivity index (χ3v) is 4.81. The third-order valence-electron chi connectivity index (χ3n) is 4.81. The van der Waals surface area contributed by atoms with Crippen LogP contribution in [0.3, 0.4) is 0 Å². The minimum atomic E-state index is -0.219. The maximum absolute atomic E-state index is 12.7. The molecule has 0 aliphatic carbocycles. The Morgan fingerprint density at radius 1 is 1.15 bits per heavy atom.